The zero-order chi connectivity index (χ0) is 31.6. The Morgan fingerprint density at radius 2 is 1.40 bits per heavy atom. The van der Waals surface area contributed by atoms with Crippen LogP contribution in [0.4, 0.5) is 0 Å². The van der Waals surface area contributed by atoms with Crippen LogP contribution in [0.3, 0.4) is 0 Å². The van der Waals surface area contributed by atoms with Gasteiger partial charge in [0.05, 0.1) is 0 Å². The van der Waals surface area contributed by atoms with Crippen LogP contribution in [0, 0.1) is 32.6 Å². The fourth-order valence-electron chi connectivity index (χ4n) is 6.16. The number of carboxylic acids is 2. The first-order valence-electron chi connectivity index (χ1n) is 14.8. The van der Waals surface area contributed by atoms with Crippen molar-refractivity contribution in [1.29, 1.82) is 0 Å². The molecule has 2 atom stereocenters. The fourth-order valence-corrected chi connectivity index (χ4v) is 6.16. The normalized spacial score (nSPS) is 18.7. The molecule has 0 saturated carbocycles. The summed E-state index contributed by atoms with van der Waals surface area (Å²) in [5.74, 6) is -2.01. The first-order chi connectivity index (χ1) is 20.4. The minimum absolute atomic E-state index is 0. The average molecular weight is 592 g/mol. The van der Waals surface area contributed by atoms with E-state index >= 15 is 0 Å². The molecule has 1 aliphatic rings. The van der Waals surface area contributed by atoms with Gasteiger partial charge in [-0.3, -0.25) is 14.4 Å². The Balaban J connectivity index is 0.00000529. The molecule has 1 fully saturated rings. The van der Waals surface area contributed by atoms with E-state index in [1.807, 2.05) is 59.8 Å². The molecule has 1 saturated heterocycles. The minimum Gasteiger partial charge on any atom is -0.860 e. The second-order valence-electron chi connectivity index (χ2n) is 11.4. The van der Waals surface area contributed by atoms with Crippen molar-refractivity contribution in [3.63, 3.8) is 0 Å². The molecule has 0 spiro atoms. The molecule has 1 aliphatic heterocycles. The van der Waals surface area contributed by atoms with Gasteiger partial charge in [0.25, 0.3) is 0 Å². The van der Waals surface area contributed by atoms with Crippen LogP contribution >= 0.6 is 0 Å². The molecule has 0 aliphatic carbocycles. The minimum atomic E-state index is -0.911. The largest absolute Gasteiger partial charge is 0.860 e. The lowest BCUT2D eigenvalue weighted by molar-refractivity contribution is -0.275. The van der Waals surface area contributed by atoms with Crippen LogP contribution in [0.15, 0.2) is 5.70 Å². The number of rotatable bonds is 11. The van der Waals surface area contributed by atoms with Gasteiger partial charge < -0.3 is 35.6 Å². The van der Waals surface area contributed by atoms with Gasteiger partial charge in [-0.2, -0.15) is 0 Å². The van der Waals surface area contributed by atoms with Gasteiger partial charge in [0.1, 0.15) is 0 Å². The number of hydrogen-bond donors (Lipinski definition) is 6. The van der Waals surface area contributed by atoms with Gasteiger partial charge in [-0.25, -0.2) is 0 Å². The maximum absolute atomic E-state index is 12.4. The summed E-state index contributed by atoms with van der Waals surface area (Å²) < 4.78 is 0. The van der Waals surface area contributed by atoms with Crippen molar-refractivity contribution in [2.75, 3.05) is 0 Å². The number of carboxylic acid groups (broad SMARTS) is 2. The van der Waals surface area contributed by atoms with Crippen LogP contribution in [0.5, 0.6) is 5.88 Å². The Bertz CT molecular complexity index is 1720. The number of hydrogen-bond acceptors (Lipinski definition) is 4. The topological polar surface area (TPSA) is 174 Å². The molecule has 10 heteroatoms. The number of nitrogens with one attached hydrogen (secondary N) is 4. The van der Waals surface area contributed by atoms with Crippen LogP contribution in [0.1, 0.15) is 91.9 Å². The number of aromatic amines is 3. The highest BCUT2D eigenvalue weighted by Crippen LogP contribution is 2.32. The zero-order valence-corrected chi connectivity index (χ0v) is 25.7. The van der Waals surface area contributed by atoms with Crippen molar-refractivity contribution in [3.8, 4) is 5.88 Å². The molecule has 1 amide bonds. The number of amides is 1. The zero-order valence-electron chi connectivity index (χ0n) is 25.7. The maximum atomic E-state index is 12.4. The second kappa shape index (κ2) is 12.8. The van der Waals surface area contributed by atoms with Gasteiger partial charge in [0, 0.05) is 59.6 Å². The molecule has 3 aromatic heterocycles. The predicted molar refractivity (Wildman–Crippen MR) is 165 cm³/mol. The van der Waals surface area contributed by atoms with Crippen LogP contribution in [-0.4, -0.2) is 43.0 Å². The summed E-state index contributed by atoms with van der Waals surface area (Å²) in [5, 5.41) is 35.8. The fraction of sp³-hybridized carbons (Fsp3) is 0.424. The van der Waals surface area contributed by atoms with E-state index in [0.717, 1.165) is 56.5 Å². The van der Waals surface area contributed by atoms with Crippen LogP contribution in [0.25, 0.3) is 18.2 Å². The van der Waals surface area contributed by atoms with Gasteiger partial charge >= 0.3 is 11.9 Å². The lowest BCUT2D eigenvalue weighted by atomic mass is 9.92. The van der Waals surface area contributed by atoms with Gasteiger partial charge in [0.2, 0.25) is 5.91 Å². The summed E-state index contributed by atoms with van der Waals surface area (Å²) in [4.78, 5) is 45.2. The molecule has 4 rings (SSSR count). The van der Waals surface area contributed by atoms with E-state index in [1.54, 1.807) is 0 Å². The molecule has 0 bridgehead atoms. The van der Waals surface area contributed by atoms with Crippen molar-refractivity contribution in [3.05, 3.63) is 66.9 Å². The van der Waals surface area contributed by atoms with Crippen molar-refractivity contribution >= 4 is 36.1 Å². The molecule has 4 heterocycles. The summed E-state index contributed by atoms with van der Waals surface area (Å²) >= 11 is 0. The lowest BCUT2D eigenvalue weighted by Gasteiger charge is -2.11. The van der Waals surface area contributed by atoms with Gasteiger partial charge in [-0.1, -0.05) is 20.8 Å². The number of aliphatic carboxylic acids is 2. The van der Waals surface area contributed by atoms with Crippen molar-refractivity contribution in [2.45, 2.75) is 80.1 Å². The number of carbonyl (C=O) groups is 3. The third-order valence-electron chi connectivity index (χ3n) is 8.81. The van der Waals surface area contributed by atoms with E-state index in [2.05, 4.69) is 20.3 Å². The first-order valence-corrected chi connectivity index (χ1v) is 14.8. The summed E-state index contributed by atoms with van der Waals surface area (Å²) in [5.41, 5.74) is 8.08. The number of aromatic nitrogens is 3. The van der Waals surface area contributed by atoms with Crippen molar-refractivity contribution < 1.29 is 31.1 Å². The molecular formula is C33H43N4O6-. The highest BCUT2D eigenvalue weighted by Gasteiger charge is 2.34. The molecule has 0 unspecified atom stereocenters. The Hall–Kier alpha value is -4.47. The SMILES string of the molecule is CCc1c([O-])[nH]c(/C=c2/[nH]/c(=C\c3[nH]c(/C=C4/NC(=O)[C@H](C)[C@H]4CC)c(C)c3CCC(=O)O)c(CCC(=O)O)c2C)c1C.[HH]. The number of carbonyl (C=O) groups excluding carboxylic acids is 1. The smallest absolute Gasteiger partial charge is 0.303 e. The third-order valence-corrected chi connectivity index (χ3v) is 8.81. The summed E-state index contributed by atoms with van der Waals surface area (Å²) in [6, 6.07) is 0. The number of allylic oxidation sites excluding steroid dienone is 1. The summed E-state index contributed by atoms with van der Waals surface area (Å²) in [6.45, 7) is 11.7. The van der Waals surface area contributed by atoms with E-state index in [1.165, 1.54) is 0 Å². The van der Waals surface area contributed by atoms with Gasteiger partial charge in [-0.15, -0.1) is 0 Å². The molecule has 10 nitrogen and oxygen atoms in total. The highest BCUT2D eigenvalue weighted by molar-refractivity contribution is 5.86. The molecule has 6 N–H and O–H groups in total. The Labute approximate surface area is 252 Å². The molecule has 0 radical (unpaired) electrons. The second-order valence-corrected chi connectivity index (χ2v) is 11.4. The Kier molecular flexibility index (Phi) is 9.37. The van der Waals surface area contributed by atoms with Crippen molar-refractivity contribution in [2.24, 2.45) is 11.8 Å². The third kappa shape index (κ3) is 6.48. The Morgan fingerprint density at radius 1 is 0.814 bits per heavy atom. The van der Waals surface area contributed by atoms with Gasteiger partial charge in [-0.05, 0) is 104 Å². The molecule has 3 aromatic rings. The van der Waals surface area contributed by atoms with E-state index < -0.39 is 11.9 Å². The van der Waals surface area contributed by atoms with E-state index in [0.29, 0.717) is 29.6 Å². The highest BCUT2D eigenvalue weighted by atomic mass is 16.4. The maximum Gasteiger partial charge on any atom is 0.303 e. The molecule has 232 valence electrons. The quantitative estimate of drug-likeness (QED) is 0.199. The van der Waals surface area contributed by atoms with Gasteiger partial charge in [0.15, 0.2) is 0 Å². The molecule has 43 heavy (non-hydrogen) atoms. The van der Waals surface area contributed by atoms with Crippen LogP contribution in [-0.2, 0) is 33.6 Å². The van der Waals surface area contributed by atoms with E-state index in [4.69, 9.17) is 0 Å². The lowest BCUT2D eigenvalue weighted by Crippen LogP contribution is -2.16. The summed E-state index contributed by atoms with van der Waals surface area (Å²) in [7, 11) is 0. The summed E-state index contributed by atoms with van der Waals surface area (Å²) in [6.07, 6.45) is 7.61. The monoisotopic (exact) mass is 591 g/mol. The van der Waals surface area contributed by atoms with Crippen LogP contribution < -0.4 is 21.1 Å². The van der Waals surface area contributed by atoms with E-state index in [-0.39, 0.29) is 44.3 Å². The van der Waals surface area contributed by atoms with E-state index in [9.17, 15) is 29.7 Å². The molecular weight excluding hydrogens is 548 g/mol. The molecule has 0 aromatic carbocycles. The average Bonchev–Trinajstić information content (AvgIpc) is 3.59. The van der Waals surface area contributed by atoms with Crippen LogP contribution in [0.2, 0.25) is 0 Å². The predicted octanol–water partition coefficient (Wildman–Crippen LogP) is 3.30. The van der Waals surface area contributed by atoms with Crippen molar-refractivity contribution in [1.82, 2.24) is 20.3 Å². The first kappa shape index (κ1) is 31.5. The number of H-pyrrole nitrogens is 3. The Morgan fingerprint density at radius 3 is 1.98 bits per heavy atom. The standard InChI is InChI=1S/C33H42N4O6.H2/c1-7-20-19(6)32(42)37-27(20)14-25-18(5)23(10-12-31(40)41)29(35-25)15-28-22(9-11-30(38)39)17(4)24(34-28)13-26-16(3)21(8-2)33(43)36-26;/h13-15,19-20,34-36,43H,7-12H2,1-6H3,(H,37,42)(H,38,39)(H,40,41);1H/p-1/b24-13+,27-14+,28-15-;/t19-,20-;/m1./s1.